The third-order valence-electron chi connectivity index (χ3n) is 20.5. The van der Waals surface area contributed by atoms with Gasteiger partial charge in [-0.1, -0.05) is 86.7 Å². The average molecular weight is 1480 g/mol. The Morgan fingerprint density at radius 2 is 0.949 bits per heavy atom. The summed E-state index contributed by atoms with van der Waals surface area (Å²) in [5, 5.41) is 5.47. The van der Waals surface area contributed by atoms with E-state index in [1.165, 1.54) is 9.80 Å². The summed E-state index contributed by atoms with van der Waals surface area (Å²) in [7, 11) is 0. The number of carbonyl (C=O) groups is 4. The number of halogens is 10. The third-order valence-corrected chi connectivity index (χ3v) is 20.5. The number of amides is 4. The monoisotopic (exact) mass is 1480 g/mol. The van der Waals surface area contributed by atoms with Crippen LogP contribution in [0.5, 0.6) is 23.3 Å². The number of nitrogens with one attached hydrogen (secondary N) is 2. The molecule has 2 N–H and O–H groups in total. The van der Waals surface area contributed by atoms with Crippen LogP contribution in [0.4, 0.5) is 53.5 Å². The summed E-state index contributed by atoms with van der Waals surface area (Å²) < 4.78 is 174. The average Bonchev–Trinajstić information content (AvgIpc) is 1.69. The van der Waals surface area contributed by atoms with Crippen LogP contribution >= 0.6 is 0 Å². The Morgan fingerprint density at radius 3 is 1.34 bits per heavy atom. The molecule has 16 atom stereocenters. The molecule has 12 rings (SSSR count). The second-order valence-corrected chi connectivity index (χ2v) is 29.3. The largest absolute Gasteiger partial charge is 0.573 e. The van der Waals surface area contributed by atoms with Gasteiger partial charge in [-0.3, -0.25) is 9.59 Å². The van der Waals surface area contributed by atoms with E-state index in [1.54, 1.807) is 55.4 Å². The van der Waals surface area contributed by atoms with Crippen LogP contribution in [0.25, 0.3) is 22.1 Å². The number of fused-ring (bicyclic) bond motifs is 14. The van der Waals surface area contributed by atoms with E-state index < -0.39 is 167 Å². The first-order valence-corrected chi connectivity index (χ1v) is 33.0. The van der Waals surface area contributed by atoms with Crippen molar-refractivity contribution in [3.63, 3.8) is 0 Å². The van der Waals surface area contributed by atoms with Crippen molar-refractivity contribution in [3.05, 3.63) is 47.8 Å². The van der Waals surface area contributed by atoms with Crippen molar-refractivity contribution in [1.82, 2.24) is 40.4 Å². The Hall–Kier alpha value is -6.39. The number of carbonyl (C=O) groups excluding carboxylic acids is 6. The van der Waals surface area contributed by atoms with E-state index in [-0.39, 0.29) is 103 Å². The molecule has 8 aliphatic rings. The number of ether oxygens (including phenoxy) is 6. The van der Waals surface area contributed by atoms with Gasteiger partial charge < -0.3 is 58.4 Å². The van der Waals surface area contributed by atoms with Crippen molar-refractivity contribution < 1.29 is 138 Å². The molecule has 4 bridgehead atoms. The molecule has 0 spiro atoms. The van der Waals surface area contributed by atoms with Crippen molar-refractivity contribution in [2.24, 2.45) is 58.2 Å². The normalized spacial score (nSPS) is 31.6. The Balaban J connectivity index is 0.000000227. The van der Waals surface area contributed by atoms with Gasteiger partial charge in [0.2, 0.25) is 23.6 Å². The zero-order valence-electron chi connectivity index (χ0n) is 55.6. The molecule has 20 nitrogen and oxygen atoms in total. The smallest absolute Gasteiger partial charge is 0.540 e. The number of hydrogen-bond acceptors (Lipinski definition) is 16. The Bertz CT molecular complexity index is 3660. The van der Waals surface area contributed by atoms with Gasteiger partial charge in [0.25, 0.3) is 11.8 Å². The summed E-state index contributed by atoms with van der Waals surface area (Å²) in [6, 6.07) is 1.43. The molecule has 4 unspecified atom stereocenters. The summed E-state index contributed by atoms with van der Waals surface area (Å²) >= 11 is 0. The number of rotatable bonds is 5. The van der Waals surface area contributed by atoms with Gasteiger partial charge in [0, 0.05) is 62.1 Å². The first-order chi connectivity index (χ1) is 45.4. The predicted molar refractivity (Wildman–Crippen MR) is 324 cm³/mol. The predicted octanol–water partition coefficient (Wildman–Crippen LogP) is 12.5. The number of benzene rings is 2. The second kappa shape index (κ2) is 29.2. The van der Waals surface area contributed by atoms with Crippen molar-refractivity contribution in [1.29, 1.82) is 0 Å². The van der Waals surface area contributed by atoms with Gasteiger partial charge in [-0.05, 0) is 134 Å². The van der Waals surface area contributed by atoms with Gasteiger partial charge in [-0.15, -0.1) is 26.3 Å². The number of hydrogen-bond donors (Lipinski definition) is 2. The molecule has 540 valence electrons. The first-order valence-electron chi connectivity index (χ1n) is 33.0. The van der Waals surface area contributed by atoms with Crippen molar-refractivity contribution in [2.45, 2.75) is 212 Å². The Labute approximate surface area is 588 Å². The molecular weight excluding hydrogens is 1400 g/mol. The van der Waals surface area contributed by atoms with E-state index in [4.69, 9.17) is 18.9 Å². The van der Waals surface area contributed by atoms with Gasteiger partial charge in [-0.25, -0.2) is 42.1 Å². The number of alkyl halides is 10. The first kappa shape index (κ1) is 76.8. The van der Waals surface area contributed by atoms with E-state index in [9.17, 15) is 55.1 Å². The third kappa shape index (κ3) is 17.1. The molecule has 4 aliphatic heterocycles. The van der Waals surface area contributed by atoms with Gasteiger partial charge in [0.15, 0.2) is 11.4 Å². The van der Waals surface area contributed by atoms with Gasteiger partial charge >= 0.3 is 24.9 Å². The molecule has 4 amide bonds. The minimum Gasteiger partial charge on any atom is -0.540 e. The van der Waals surface area contributed by atoms with Gasteiger partial charge in [0.05, 0.1) is 35.2 Å². The van der Waals surface area contributed by atoms with Crippen LogP contribution in [0.1, 0.15) is 150 Å². The van der Waals surface area contributed by atoms with Gasteiger partial charge in [-0.2, -0.15) is 17.6 Å². The Kier molecular flexibility index (Phi) is 22.6. The quantitative estimate of drug-likeness (QED) is 0.139. The fourth-order valence-electron chi connectivity index (χ4n) is 15.3. The van der Waals surface area contributed by atoms with E-state index in [1.807, 2.05) is 12.6 Å². The summed E-state index contributed by atoms with van der Waals surface area (Å²) in [5.41, 5.74) is -3.79. The topological polar surface area (TPSA) is 240 Å². The zero-order valence-corrected chi connectivity index (χ0v) is 58.4. The molecule has 6 fully saturated rings. The summed E-state index contributed by atoms with van der Waals surface area (Å²) in [5.74, 6) is -10.8. The van der Waals surface area contributed by atoms with Crippen LogP contribution < -0.4 is 29.6 Å². The fraction of sp³-hybridized carbons (Fsp3) is 0.672. The number of alkyl carbamates (subject to hydrolysis) is 2. The minimum absolute atomic E-state index is 0. The number of nitrogens with zero attached hydrogens (tertiary/aromatic N) is 6. The molecule has 2 radical (unpaired) electrons. The van der Waals surface area contributed by atoms with Crippen LogP contribution in [0.15, 0.2) is 36.4 Å². The molecule has 4 aromatic rings. The summed E-state index contributed by atoms with van der Waals surface area (Å²) in [6.07, 6.45) is -6.14. The van der Waals surface area contributed by atoms with Crippen molar-refractivity contribution >= 4 is 58.6 Å². The molecule has 2 aromatic heterocycles. The number of aromatic nitrogens is 4. The molecular formula is C67H78F10N8O12V2-2. The maximum absolute atomic E-state index is 16.1. The molecule has 4 saturated carbocycles. The van der Waals surface area contributed by atoms with Crippen LogP contribution in [-0.2, 0) is 77.6 Å². The summed E-state index contributed by atoms with van der Waals surface area (Å²) in [4.78, 5) is 98.4. The zero-order chi connectivity index (χ0) is 70.2. The second-order valence-electron chi connectivity index (χ2n) is 29.3. The minimum atomic E-state index is -5.00. The molecule has 2 aromatic carbocycles. The molecule has 4 aliphatic carbocycles. The maximum atomic E-state index is 16.1. The van der Waals surface area contributed by atoms with Gasteiger partial charge in [0.1, 0.15) is 48.0 Å². The van der Waals surface area contributed by atoms with Crippen LogP contribution in [0.2, 0.25) is 0 Å². The SMILES string of the molecule is CC[C@@H]1[C@@H]2CN(C(=O)[C@H](C(C)(C)C)NC(=O)O[C@@H]3CC4CC4[C@H]3CCCCC(F)(F)c3nc4ccc(OC(F)(F)F)cc4nc3O2)[C@@H]1[C-]=O.C[C@@H]1[C@@H]2CN(C(=O)[C@H](C(C)(C)C)NC(=O)O[C@@H]3CC4CC4[C@H]3CCCCC(F)(F)c3nc4ccc(OC(F)(F)F)cc4nc3O2)[C@@H]1[C-]=O.[V].[V]. The van der Waals surface area contributed by atoms with Crippen molar-refractivity contribution in [3.8, 4) is 23.3 Å². The molecule has 32 heteroatoms. The fourth-order valence-corrected chi connectivity index (χ4v) is 15.3. The molecule has 2 saturated heterocycles. The van der Waals surface area contributed by atoms with Crippen molar-refractivity contribution in [2.75, 3.05) is 13.1 Å². The van der Waals surface area contributed by atoms with Crippen LogP contribution in [0, 0.1) is 58.2 Å². The van der Waals surface area contributed by atoms with E-state index in [2.05, 4.69) is 40.0 Å². The van der Waals surface area contributed by atoms with Crippen LogP contribution in [-0.4, -0.2) is 141 Å². The maximum Gasteiger partial charge on any atom is 0.573 e. The van der Waals surface area contributed by atoms with E-state index in [0.29, 0.717) is 62.2 Å². The van der Waals surface area contributed by atoms with E-state index in [0.717, 1.165) is 49.2 Å². The van der Waals surface area contributed by atoms with E-state index >= 15 is 17.6 Å². The van der Waals surface area contributed by atoms with Crippen LogP contribution in [0.3, 0.4) is 0 Å². The molecule has 99 heavy (non-hydrogen) atoms. The molecule has 6 heterocycles. The standard InChI is InChI=1S/C34H40F5N4O6.C33H38F5N4O6.2V/c1-5-19-24(16-44)43-15-26(19)47-29-27(40-22-10-9-18(14-23(22)41-29)49-34(37,38)39)33(35,36)11-7-6-8-20-21-12-17(21)13-25(20)48-31(46)42-28(30(43)45)32(2,3)4;1-16-23(15-43)42-14-25(16)46-28-26(39-21-9-8-18(13-22(21)40-28)48-33(36,37)38)32(34,35)10-6-5-7-19-20-11-17(20)12-24(19)47-30(45)41-27(29(42)44)31(2,3)4;;/h9-10,14,17,19-21,24-26,28H,5-8,11-13,15H2,1-4H3,(H,42,46);8-9,13,16-17,19-20,23-25,27H,5-7,10-12,14H2,1-4H3,(H,41,45);;/q2*-1;;/t17?,19-,20+,21?,24+,25+,26-,28+;16-,17?,19+,20?,23+,24+,25-,27+;;/m00../s1. The Morgan fingerprint density at radius 1 is 0.545 bits per heavy atom. The summed E-state index contributed by atoms with van der Waals surface area (Å²) in [6.45, 7) is 13.3.